The average molecular weight is 322 g/mol. The van der Waals surface area contributed by atoms with E-state index in [0.29, 0.717) is 12.2 Å². The van der Waals surface area contributed by atoms with Gasteiger partial charge in [0.25, 0.3) is 0 Å². The van der Waals surface area contributed by atoms with Crippen molar-refractivity contribution in [2.24, 2.45) is 17.8 Å². The van der Waals surface area contributed by atoms with E-state index in [2.05, 4.69) is 0 Å². The zero-order valence-corrected chi connectivity index (χ0v) is 14.0. The number of carbonyl (C=O) groups excluding carboxylic acids is 1. The van der Waals surface area contributed by atoms with Crippen molar-refractivity contribution in [3.05, 3.63) is 0 Å². The molecule has 0 amide bonds. The summed E-state index contributed by atoms with van der Waals surface area (Å²) in [6.07, 6.45) is 12.5. The van der Waals surface area contributed by atoms with E-state index in [0.717, 1.165) is 56.8 Å². The van der Waals surface area contributed by atoms with Crippen molar-refractivity contribution in [3.63, 3.8) is 0 Å². The fraction of sp³-hybridized carbons (Fsp3) is 0.947. The van der Waals surface area contributed by atoms with Gasteiger partial charge in [-0.25, -0.2) is 0 Å². The highest BCUT2D eigenvalue weighted by atomic mass is 16.6. The minimum Gasteiger partial charge on any atom is -0.462 e. The summed E-state index contributed by atoms with van der Waals surface area (Å²) >= 11 is 0. The molecule has 23 heavy (non-hydrogen) atoms. The molecule has 0 aromatic carbocycles. The van der Waals surface area contributed by atoms with Gasteiger partial charge in [-0.3, -0.25) is 4.79 Å². The van der Waals surface area contributed by atoms with E-state index >= 15 is 0 Å². The Morgan fingerprint density at radius 3 is 2.13 bits per heavy atom. The Kier molecular flexibility index (Phi) is 4.64. The van der Waals surface area contributed by atoms with Crippen LogP contribution in [0.2, 0.25) is 0 Å². The molecule has 3 atom stereocenters. The Balaban J connectivity index is 1.20. The second-order valence-electron chi connectivity index (χ2n) is 8.27. The molecule has 3 saturated carbocycles. The first-order valence-electron chi connectivity index (χ1n) is 9.73. The van der Waals surface area contributed by atoms with Crippen LogP contribution in [0.5, 0.6) is 0 Å². The van der Waals surface area contributed by atoms with Crippen molar-refractivity contribution in [2.75, 3.05) is 0 Å². The van der Waals surface area contributed by atoms with Gasteiger partial charge in [-0.15, -0.1) is 0 Å². The maximum atomic E-state index is 12.3. The van der Waals surface area contributed by atoms with Gasteiger partial charge >= 0.3 is 5.97 Å². The molecule has 1 heterocycles. The molecule has 1 N–H and O–H groups in total. The molecule has 4 fully saturated rings. The summed E-state index contributed by atoms with van der Waals surface area (Å²) in [6.45, 7) is 0. The zero-order chi connectivity index (χ0) is 15.8. The van der Waals surface area contributed by atoms with Crippen LogP contribution in [0.4, 0.5) is 0 Å². The third kappa shape index (κ3) is 3.74. The molecule has 0 radical (unpaired) electrons. The third-order valence-corrected chi connectivity index (χ3v) is 6.75. The molecule has 3 unspecified atom stereocenters. The van der Waals surface area contributed by atoms with Gasteiger partial charge < -0.3 is 14.6 Å². The molecule has 1 saturated heterocycles. The normalized spacial score (nSPS) is 46.7. The van der Waals surface area contributed by atoms with Crippen molar-refractivity contribution < 1.29 is 19.4 Å². The number of fused-ring (bicyclic) bond motifs is 1. The van der Waals surface area contributed by atoms with Crippen molar-refractivity contribution >= 4 is 5.97 Å². The van der Waals surface area contributed by atoms with Crippen LogP contribution in [0.3, 0.4) is 0 Å². The SMILES string of the molecule is O=C(OC1CCC(C2CCC(O)CC2)CC1)C1CCC2OC2C1. The van der Waals surface area contributed by atoms with E-state index in [-0.39, 0.29) is 24.1 Å². The molecular weight excluding hydrogens is 292 g/mol. The molecule has 0 bridgehead atoms. The standard InChI is InChI=1S/C19H30O4/c20-15-6-1-12(2-7-15)13-3-8-16(9-4-13)22-19(21)14-5-10-17-18(11-14)23-17/h12-18,20H,1-11H2. The van der Waals surface area contributed by atoms with Crippen molar-refractivity contribution in [1.82, 2.24) is 0 Å². The number of hydrogen-bond donors (Lipinski definition) is 1. The van der Waals surface area contributed by atoms with E-state index in [9.17, 15) is 9.90 Å². The second kappa shape index (κ2) is 6.72. The van der Waals surface area contributed by atoms with Crippen LogP contribution in [0.1, 0.15) is 70.6 Å². The van der Waals surface area contributed by atoms with E-state index in [1.165, 1.54) is 25.7 Å². The number of epoxide rings is 1. The molecule has 3 aliphatic carbocycles. The minimum absolute atomic E-state index is 0.0307. The lowest BCUT2D eigenvalue weighted by atomic mass is 9.72. The number of aliphatic hydroxyl groups excluding tert-OH is 1. The van der Waals surface area contributed by atoms with Crippen LogP contribution < -0.4 is 0 Å². The molecule has 4 heteroatoms. The summed E-state index contributed by atoms with van der Waals surface area (Å²) in [5.74, 6) is 1.68. The molecule has 0 aromatic rings. The largest absolute Gasteiger partial charge is 0.462 e. The Morgan fingerprint density at radius 2 is 1.48 bits per heavy atom. The fourth-order valence-corrected chi connectivity index (χ4v) is 5.13. The van der Waals surface area contributed by atoms with E-state index in [1.807, 2.05) is 0 Å². The quantitative estimate of drug-likeness (QED) is 0.640. The molecule has 0 aromatic heterocycles. The van der Waals surface area contributed by atoms with Crippen molar-refractivity contribution in [1.29, 1.82) is 0 Å². The van der Waals surface area contributed by atoms with Crippen LogP contribution in [-0.4, -0.2) is 35.5 Å². The number of hydrogen-bond acceptors (Lipinski definition) is 4. The Labute approximate surface area is 138 Å². The first kappa shape index (κ1) is 15.9. The van der Waals surface area contributed by atoms with Crippen LogP contribution in [0.15, 0.2) is 0 Å². The van der Waals surface area contributed by atoms with Gasteiger partial charge in [0, 0.05) is 0 Å². The molecule has 1 aliphatic heterocycles. The number of esters is 1. The maximum absolute atomic E-state index is 12.3. The van der Waals surface area contributed by atoms with Crippen molar-refractivity contribution in [2.45, 2.75) is 95.0 Å². The Morgan fingerprint density at radius 1 is 0.826 bits per heavy atom. The van der Waals surface area contributed by atoms with Gasteiger partial charge in [0.2, 0.25) is 0 Å². The monoisotopic (exact) mass is 322 g/mol. The van der Waals surface area contributed by atoms with Crippen LogP contribution in [-0.2, 0) is 14.3 Å². The summed E-state index contributed by atoms with van der Waals surface area (Å²) in [6, 6.07) is 0. The lowest BCUT2D eigenvalue weighted by Gasteiger charge is -2.37. The van der Waals surface area contributed by atoms with E-state index in [4.69, 9.17) is 9.47 Å². The Hall–Kier alpha value is -0.610. The van der Waals surface area contributed by atoms with Crippen molar-refractivity contribution in [3.8, 4) is 0 Å². The molecular formula is C19H30O4. The van der Waals surface area contributed by atoms with Crippen LogP contribution in [0.25, 0.3) is 0 Å². The van der Waals surface area contributed by atoms with Crippen LogP contribution in [0, 0.1) is 17.8 Å². The zero-order valence-electron chi connectivity index (χ0n) is 14.0. The minimum atomic E-state index is -0.0610. The maximum Gasteiger partial charge on any atom is 0.309 e. The summed E-state index contributed by atoms with van der Waals surface area (Å²) < 4.78 is 11.3. The number of aliphatic hydroxyl groups is 1. The highest BCUT2D eigenvalue weighted by Gasteiger charge is 2.46. The predicted octanol–water partition coefficient (Wildman–Crippen LogP) is 3.21. The predicted molar refractivity (Wildman–Crippen MR) is 85.8 cm³/mol. The van der Waals surface area contributed by atoms with Gasteiger partial charge in [-0.2, -0.15) is 0 Å². The molecule has 0 spiro atoms. The van der Waals surface area contributed by atoms with Gasteiger partial charge in [-0.1, -0.05) is 0 Å². The fourth-order valence-electron chi connectivity index (χ4n) is 5.13. The second-order valence-corrected chi connectivity index (χ2v) is 8.27. The molecule has 4 nitrogen and oxygen atoms in total. The van der Waals surface area contributed by atoms with Gasteiger partial charge in [0.15, 0.2) is 0 Å². The summed E-state index contributed by atoms with van der Waals surface area (Å²) in [4.78, 5) is 12.3. The van der Waals surface area contributed by atoms with E-state index in [1.54, 1.807) is 0 Å². The number of ether oxygens (including phenoxy) is 2. The van der Waals surface area contributed by atoms with Gasteiger partial charge in [0.1, 0.15) is 6.10 Å². The average Bonchev–Trinajstić information content (AvgIpc) is 3.35. The lowest BCUT2D eigenvalue weighted by molar-refractivity contribution is -0.157. The summed E-state index contributed by atoms with van der Waals surface area (Å²) in [7, 11) is 0. The highest BCUT2D eigenvalue weighted by molar-refractivity contribution is 5.73. The van der Waals surface area contributed by atoms with Gasteiger partial charge in [-0.05, 0) is 82.5 Å². The first-order chi connectivity index (χ1) is 11.2. The third-order valence-electron chi connectivity index (χ3n) is 6.75. The van der Waals surface area contributed by atoms with E-state index < -0.39 is 0 Å². The summed E-state index contributed by atoms with van der Waals surface area (Å²) in [5, 5.41) is 9.65. The molecule has 4 aliphatic rings. The molecule has 4 rings (SSSR count). The topological polar surface area (TPSA) is 59.1 Å². The summed E-state index contributed by atoms with van der Waals surface area (Å²) in [5.41, 5.74) is 0. The number of carbonyl (C=O) groups is 1. The lowest BCUT2D eigenvalue weighted by Crippen LogP contribution is -2.32. The van der Waals surface area contributed by atoms with Crippen LogP contribution >= 0.6 is 0 Å². The smallest absolute Gasteiger partial charge is 0.309 e. The highest BCUT2D eigenvalue weighted by Crippen LogP contribution is 2.41. The molecule has 130 valence electrons. The van der Waals surface area contributed by atoms with Gasteiger partial charge in [0.05, 0.1) is 24.2 Å². The first-order valence-corrected chi connectivity index (χ1v) is 9.73. The Bertz CT molecular complexity index is 421. The number of rotatable bonds is 3.